The lowest BCUT2D eigenvalue weighted by Gasteiger charge is -2.18. The van der Waals surface area contributed by atoms with Gasteiger partial charge in [-0.25, -0.2) is 25.2 Å². The Bertz CT molecular complexity index is 1640. The lowest BCUT2D eigenvalue weighted by Crippen LogP contribution is -2.17. The van der Waals surface area contributed by atoms with Crippen LogP contribution >= 0.6 is 0 Å². The molecule has 0 aliphatic heterocycles. The molecule has 0 radical (unpaired) electrons. The van der Waals surface area contributed by atoms with E-state index >= 15 is 0 Å². The van der Waals surface area contributed by atoms with E-state index in [4.69, 9.17) is 23.3 Å². The molecule has 0 unspecified atom stereocenters. The molecule has 17 nitrogen and oxygen atoms in total. The van der Waals surface area contributed by atoms with Crippen LogP contribution in [-0.2, 0) is 48.8 Å². The molecule has 0 aromatic heterocycles. The van der Waals surface area contributed by atoms with Crippen molar-refractivity contribution in [1.29, 1.82) is 0 Å². The van der Waals surface area contributed by atoms with E-state index in [1.807, 2.05) is 0 Å². The Hall–Kier alpha value is -2.92. The van der Waals surface area contributed by atoms with Gasteiger partial charge in [0, 0.05) is 12.1 Å². The minimum Gasteiger partial charge on any atom is -0.495 e. The maximum Gasteiger partial charge on any atom is 0.397 e. The van der Waals surface area contributed by atoms with Crippen molar-refractivity contribution in [2.45, 2.75) is 9.79 Å². The van der Waals surface area contributed by atoms with Crippen molar-refractivity contribution in [2.75, 3.05) is 56.9 Å². The molecule has 4 N–H and O–H groups in total. The fraction of sp³-hybridized carbons (Fsp3) is 0.368. The Kier molecular flexibility index (Phi) is 11.0. The van der Waals surface area contributed by atoms with Crippen molar-refractivity contribution in [1.82, 2.24) is 0 Å². The van der Waals surface area contributed by atoms with Crippen LogP contribution in [0.2, 0.25) is 0 Å². The van der Waals surface area contributed by atoms with Crippen molar-refractivity contribution in [3.63, 3.8) is 0 Å². The molecule has 0 amide bonds. The fourth-order valence-corrected chi connectivity index (χ4v) is 6.22. The second-order valence-electron chi connectivity index (χ2n) is 7.45. The molecule has 226 valence electrons. The third-order valence-corrected chi connectivity index (χ3v) is 9.15. The van der Waals surface area contributed by atoms with Crippen molar-refractivity contribution < 1.29 is 65.4 Å². The number of nitrogens with one attached hydrogen (secondary N) is 2. The molecule has 0 bridgehead atoms. The molecule has 40 heavy (non-hydrogen) atoms. The molecule has 0 fully saturated rings. The van der Waals surface area contributed by atoms with Gasteiger partial charge in [-0.05, 0) is 18.2 Å². The summed E-state index contributed by atoms with van der Waals surface area (Å²) < 4.78 is 134. The molecule has 0 atom stereocenters. The Labute approximate surface area is 231 Å². The Balaban J connectivity index is 2.34. The van der Waals surface area contributed by atoms with E-state index in [2.05, 4.69) is 19.2 Å². The maximum absolute atomic E-state index is 12.7. The van der Waals surface area contributed by atoms with Gasteiger partial charge in [0.25, 0.3) is 0 Å². The molecule has 2 aromatic rings. The van der Waals surface area contributed by atoms with E-state index in [0.29, 0.717) is 0 Å². The standard InChI is InChI=1S/C19H26N2O15S4/c1-32-16-5-4-13(37(22,23)8-6-35-39(26,27)28)10-14(16)20-21-15-11-18(34-3)19(12-17(15)33-2)38(24,25)9-7-36-40(29,30)31/h4-5,10-12,20-21H,6-9H2,1-3H3,(H,26,27,28)(H,29,30,31). The number of methoxy groups -OCH3 is 3. The average Bonchev–Trinajstić information content (AvgIpc) is 2.84. The monoisotopic (exact) mass is 650 g/mol. The van der Waals surface area contributed by atoms with Crippen LogP contribution in [0.15, 0.2) is 40.1 Å². The first-order valence-corrected chi connectivity index (χ1v) is 16.6. The smallest absolute Gasteiger partial charge is 0.397 e. The highest BCUT2D eigenvalue weighted by atomic mass is 32.3. The lowest BCUT2D eigenvalue weighted by molar-refractivity contribution is 0.282. The molecule has 21 heteroatoms. The normalized spacial score (nSPS) is 12.5. The Morgan fingerprint density at radius 1 is 0.625 bits per heavy atom. The number of benzene rings is 2. The molecular formula is C19H26N2O15S4. The number of anilines is 2. The van der Waals surface area contributed by atoms with Crippen molar-refractivity contribution in [3.8, 4) is 17.2 Å². The highest BCUT2D eigenvalue weighted by molar-refractivity contribution is 7.91. The molecule has 0 aliphatic rings. The van der Waals surface area contributed by atoms with Crippen LogP contribution in [0.3, 0.4) is 0 Å². The van der Waals surface area contributed by atoms with Crippen LogP contribution in [0.5, 0.6) is 17.2 Å². The summed E-state index contributed by atoms with van der Waals surface area (Å²) in [6.45, 7) is -1.70. The topological polar surface area (TPSA) is 247 Å². The summed E-state index contributed by atoms with van der Waals surface area (Å²) in [5, 5.41) is 0. The summed E-state index contributed by atoms with van der Waals surface area (Å²) in [6.07, 6.45) is 0. The van der Waals surface area contributed by atoms with Gasteiger partial charge in [-0.2, -0.15) is 16.8 Å². The van der Waals surface area contributed by atoms with Gasteiger partial charge in [0.05, 0.1) is 62.3 Å². The fourth-order valence-electron chi connectivity index (χ4n) is 3.05. The van der Waals surface area contributed by atoms with E-state index in [-0.39, 0.29) is 38.4 Å². The second-order valence-corrected chi connectivity index (χ2v) is 13.8. The Morgan fingerprint density at radius 2 is 1.10 bits per heavy atom. The molecule has 0 spiro atoms. The molecule has 0 heterocycles. The minimum atomic E-state index is -4.85. The second kappa shape index (κ2) is 13.2. The predicted octanol–water partition coefficient (Wildman–Crippen LogP) is 0.338. The minimum absolute atomic E-state index is 0.0346. The number of hydrazine groups is 1. The van der Waals surface area contributed by atoms with Gasteiger partial charge in [0.1, 0.15) is 22.1 Å². The van der Waals surface area contributed by atoms with E-state index < -0.39 is 65.2 Å². The summed E-state index contributed by atoms with van der Waals surface area (Å²) >= 11 is 0. The van der Waals surface area contributed by atoms with E-state index in [1.54, 1.807) is 0 Å². The van der Waals surface area contributed by atoms with E-state index in [1.165, 1.54) is 39.5 Å². The molecule has 0 aliphatic carbocycles. The average molecular weight is 651 g/mol. The highest BCUT2D eigenvalue weighted by Gasteiger charge is 2.24. The van der Waals surface area contributed by atoms with Crippen molar-refractivity contribution in [3.05, 3.63) is 30.3 Å². The third kappa shape index (κ3) is 9.62. The van der Waals surface area contributed by atoms with Gasteiger partial charge in [-0.1, -0.05) is 0 Å². The van der Waals surface area contributed by atoms with Gasteiger partial charge in [-0.15, -0.1) is 0 Å². The van der Waals surface area contributed by atoms with Gasteiger partial charge in [0.2, 0.25) is 0 Å². The quantitative estimate of drug-likeness (QED) is 0.141. The summed E-state index contributed by atoms with van der Waals surface area (Å²) in [6, 6.07) is 5.97. The zero-order valence-electron chi connectivity index (χ0n) is 21.0. The molecule has 2 rings (SSSR count). The number of ether oxygens (including phenoxy) is 3. The summed E-state index contributed by atoms with van der Waals surface area (Å²) in [4.78, 5) is -0.635. The maximum atomic E-state index is 12.7. The molecule has 0 saturated carbocycles. The number of hydrogen-bond acceptors (Lipinski definition) is 15. The van der Waals surface area contributed by atoms with Gasteiger partial charge < -0.3 is 14.2 Å². The number of hydrogen-bond donors (Lipinski definition) is 4. The van der Waals surface area contributed by atoms with E-state index in [9.17, 15) is 33.7 Å². The predicted molar refractivity (Wildman–Crippen MR) is 139 cm³/mol. The van der Waals surface area contributed by atoms with Crippen LogP contribution in [0, 0.1) is 0 Å². The first kappa shape index (κ1) is 33.3. The largest absolute Gasteiger partial charge is 0.495 e. The summed E-state index contributed by atoms with van der Waals surface area (Å²) in [5.41, 5.74) is 5.61. The zero-order chi connectivity index (χ0) is 30.4. The molecule has 2 aromatic carbocycles. The van der Waals surface area contributed by atoms with Crippen LogP contribution in [0.25, 0.3) is 0 Å². The van der Waals surface area contributed by atoms with Gasteiger partial charge in [-0.3, -0.25) is 20.0 Å². The highest BCUT2D eigenvalue weighted by Crippen LogP contribution is 2.37. The first-order valence-electron chi connectivity index (χ1n) is 10.6. The number of sulfone groups is 2. The van der Waals surface area contributed by atoms with Crippen LogP contribution in [0.4, 0.5) is 11.4 Å². The van der Waals surface area contributed by atoms with Crippen LogP contribution in [-0.4, -0.2) is 88.8 Å². The third-order valence-electron chi connectivity index (χ3n) is 4.85. The zero-order valence-corrected chi connectivity index (χ0v) is 24.3. The van der Waals surface area contributed by atoms with Crippen LogP contribution in [0.1, 0.15) is 0 Å². The Morgan fingerprint density at radius 3 is 1.57 bits per heavy atom. The molecule has 0 saturated heterocycles. The summed E-state index contributed by atoms with van der Waals surface area (Å²) in [5.74, 6) is -1.65. The van der Waals surface area contributed by atoms with E-state index in [0.717, 1.165) is 12.1 Å². The molecular weight excluding hydrogens is 624 g/mol. The van der Waals surface area contributed by atoms with Crippen molar-refractivity contribution >= 4 is 51.8 Å². The summed E-state index contributed by atoms with van der Waals surface area (Å²) in [7, 11) is -14.2. The number of rotatable bonds is 16. The lowest BCUT2D eigenvalue weighted by atomic mass is 10.2. The first-order chi connectivity index (χ1) is 18.4. The van der Waals surface area contributed by atoms with Crippen LogP contribution < -0.4 is 25.1 Å². The van der Waals surface area contributed by atoms with Gasteiger partial charge in [0.15, 0.2) is 19.7 Å². The van der Waals surface area contributed by atoms with Crippen molar-refractivity contribution in [2.24, 2.45) is 0 Å². The van der Waals surface area contributed by atoms with Gasteiger partial charge >= 0.3 is 20.8 Å². The SMILES string of the molecule is COc1ccc(S(=O)(=O)CCOS(=O)(=O)O)cc1NNc1cc(OC)c(S(=O)(=O)CCOS(=O)(=O)O)cc1OC.